The second kappa shape index (κ2) is 20.9. The predicted octanol–water partition coefficient (Wildman–Crippen LogP) is 1.82. The van der Waals surface area contributed by atoms with Gasteiger partial charge in [0.15, 0.2) is 11.3 Å². The molecule has 25 heteroatoms. The van der Waals surface area contributed by atoms with Gasteiger partial charge >= 0.3 is 24.3 Å². The van der Waals surface area contributed by atoms with Crippen LogP contribution in [0.15, 0.2) is 48.9 Å². The van der Waals surface area contributed by atoms with E-state index in [9.17, 15) is 51.9 Å². The third kappa shape index (κ3) is 11.4. The molecule has 1 aromatic carbocycles. The molecule has 3 aromatic heterocycles. The zero-order valence-electron chi connectivity index (χ0n) is 36.4. The van der Waals surface area contributed by atoms with Gasteiger partial charge in [0, 0.05) is 76.5 Å². The number of alkyl halides is 3. The predicted molar refractivity (Wildman–Crippen MR) is 228 cm³/mol. The minimum Gasteiger partial charge on any atom is -0.445 e. The number of aromatic nitrogens is 4. The molecular weight excluding hydrogens is 876 g/mol. The normalized spacial score (nSPS) is 17.7. The third-order valence-electron chi connectivity index (χ3n) is 11.6. The highest BCUT2D eigenvalue weighted by Gasteiger charge is 2.39. The second-order valence-corrected chi connectivity index (χ2v) is 16.2. The topological polar surface area (TPSA) is 271 Å². The summed E-state index contributed by atoms with van der Waals surface area (Å²) in [6, 6.07) is 4.72. The molecule has 5 heterocycles. The molecule has 0 aliphatic carbocycles. The van der Waals surface area contributed by atoms with E-state index in [0.717, 1.165) is 5.69 Å². The quantitative estimate of drug-likeness (QED) is 0.0879. The highest BCUT2D eigenvalue weighted by Crippen LogP contribution is 2.36. The van der Waals surface area contributed by atoms with Crippen LogP contribution < -0.4 is 27.2 Å². The van der Waals surface area contributed by atoms with Gasteiger partial charge < -0.3 is 51.2 Å². The van der Waals surface area contributed by atoms with Gasteiger partial charge in [0.2, 0.25) is 23.6 Å². The lowest BCUT2D eigenvalue weighted by Gasteiger charge is -2.27. The molecule has 8 amide bonds. The molecule has 0 radical (unpaired) electrons. The largest absolute Gasteiger partial charge is 0.445 e. The van der Waals surface area contributed by atoms with Crippen molar-refractivity contribution in [2.75, 3.05) is 65.2 Å². The van der Waals surface area contributed by atoms with Crippen molar-refractivity contribution >= 4 is 64.3 Å². The van der Waals surface area contributed by atoms with Crippen molar-refractivity contribution < 1.29 is 56.7 Å². The Balaban J connectivity index is 0.960. The van der Waals surface area contributed by atoms with E-state index in [1.807, 2.05) is 16.6 Å². The van der Waals surface area contributed by atoms with E-state index in [4.69, 9.17) is 10.5 Å². The number of ether oxygens (including phenoxy) is 1. The summed E-state index contributed by atoms with van der Waals surface area (Å²) < 4.78 is 47.0. The Labute approximate surface area is 375 Å². The number of hydrogen-bond donors (Lipinski definition) is 6. The maximum atomic E-state index is 13.7. The Kier molecular flexibility index (Phi) is 15.3. The summed E-state index contributed by atoms with van der Waals surface area (Å²) in [6.07, 6.45) is 0.578. The average Bonchev–Trinajstić information content (AvgIpc) is 4.12. The number of hydroxylamine groups is 1. The van der Waals surface area contributed by atoms with Gasteiger partial charge in [-0.15, -0.1) is 0 Å². The number of anilines is 1. The summed E-state index contributed by atoms with van der Waals surface area (Å²) in [5.41, 5.74) is 10.0. The molecule has 0 saturated carbocycles. The number of nitrogens with zero attached hydrogens (tertiary/aromatic N) is 8. The lowest BCUT2D eigenvalue weighted by molar-refractivity contribution is -0.143. The first-order valence-electron chi connectivity index (χ1n) is 21.1. The molecule has 66 heavy (non-hydrogen) atoms. The molecule has 0 spiro atoms. The first-order valence-corrected chi connectivity index (χ1v) is 21.1. The average molecular weight is 928 g/mol. The Bertz CT molecular complexity index is 2440. The Morgan fingerprint density at radius 3 is 2.39 bits per heavy atom. The van der Waals surface area contributed by atoms with E-state index in [-0.39, 0.29) is 51.2 Å². The number of carbonyl (C=O) groups excluding carboxylic acids is 7. The van der Waals surface area contributed by atoms with Gasteiger partial charge in [0.05, 0.1) is 24.7 Å². The maximum absolute atomic E-state index is 13.7. The summed E-state index contributed by atoms with van der Waals surface area (Å²) in [7, 11) is 3.09. The molecule has 0 bridgehead atoms. The number of nitrogens with one attached hydrogen (secondary N) is 4. The summed E-state index contributed by atoms with van der Waals surface area (Å²) in [6.45, 7) is 0.934. The first kappa shape index (κ1) is 48.4. The number of nitrogens with two attached hydrogens (primary N) is 1. The molecule has 4 atom stereocenters. The summed E-state index contributed by atoms with van der Waals surface area (Å²) in [5.74, 6) is -2.90. The zero-order valence-corrected chi connectivity index (χ0v) is 36.4. The van der Waals surface area contributed by atoms with Crippen LogP contribution in [0.4, 0.5) is 33.2 Å². The molecule has 2 aliphatic rings. The molecule has 2 fully saturated rings. The number of likely N-dealkylation sites (N-methyl/N-ethyl adjacent to an activating group) is 2. The number of amides is 8. The fourth-order valence-corrected chi connectivity index (χ4v) is 8.05. The molecular formula is C41H52F3N13O9. The van der Waals surface area contributed by atoms with E-state index in [0.29, 0.717) is 47.3 Å². The minimum atomic E-state index is -4.54. The van der Waals surface area contributed by atoms with Gasteiger partial charge in [-0.1, -0.05) is 25.5 Å². The van der Waals surface area contributed by atoms with Crippen LogP contribution in [0.5, 0.6) is 0 Å². The SMILES string of the molecule is CCC1CN(C(=O)NCC(F)(F)F)CC1c1cnc2cnc3c(ccn3C(=O)N(C)CCN(C)C(=O)OCc3ccc(NC(=O)CNC(=O)C4CCCN4C(=O)C(CC(N)=O)NO)cc3)n12. The van der Waals surface area contributed by atoms with Crippen LogP contribution in [-0.2, 0) is 30.5 Å². The monoisotopic (exact) mass is 927 g/mol. The Morgan fingerprint density at radius 1 is 0.985 bits per heavy atom. The van der Waals surface area contributed by atoms with E-state index in [1.165, 1.54) is 37.4 Å². The summed E-state index contributed by atoms with van der Waals surface area (Å²) in [4.78, 5) is 103. The maximum Gasteiger partial charge on any atom is 0.409 e. The van der Waals surface area contributed by atoms with Crippen molar-refractivity contribution in [2.45, 2.75) is 63.4 Å². The minimum absolute atomic E-state index is 0.0556. The molecule has 4 aromatic rings. The Hall–Kier alpha value is -7.02. The van der Waals surface area contributed by atoms with Crippen LogP contribution in [0.2, 0.25) is 0 Å². The highest BCUT2D eigenvalue weighted by molar-refractivity contribution is 5.97. The van der Waals surface area contributed by atoms with E-state index < -0.39 is 79.6 Å². The standard InChI is InChI=1S/C41H52F3N13O9/c1-4-25-20-54(38(62)49-23-41(42,43)44)21-27(25)31-17-46-33-18-47-35-29(57(31)33)11-13-56(35)39(63)52(2)14-15-53(3)40(64)66-22-24-7-9-26(10-8-24)50-34(59)19-48-36(60)30-6-5-12-55(30)37(61)28(51-65)16-32(45)58/h7-11,13,17-18,25,27-28,30,51,65H,4-6,12,14-16,19-23H2,1-3H3,(H2,45,58)(H,48,60)(H,49,62)(H,50,59). The van der Waals surface area contributed by atoms with E-state index >= 15 is 0 Å². The van der Waals surface area contributed by atoms with Crippen LogP contribution in [-0.4, -0.2) is 164 Å². The number of primary amides is 1. The number of urea groups is 1. The third-order valence-corrected chi connectivity index (χ3v) is 11.6. The summed E-state index contributed by atoms with van der Waals surface area (Å²) in [5, 5.41) is 16.4. The van der Waals surface area contributed by atoms with Crippen LogP contribution >= 0.6 is 0 Å². The van der Waals surface area contributed by atoms with Crippen molar-refractivity contribution in [3.63, 3.8) is 0 Å². The second-order valence-electron chi connectivity index (χ2n) is 16.2. The molecule has 7 N–H and O–H groups in total. The molecule has 4 unspecified atom stereocenters. The van der Waals surface area contributed by atoms with Crippen LogP contribution in [0, 0.1) is 5.92 Å². The van der Waals surface area contributed by atoms with E-state index in [1.54, 1.807) is 55.3 Å². The lowest BCUT2D eigenvalue weighted by Crippen LogP contribution is -2.53. The Morgan fingerprint density at radius 2 is 1.71 bits per heavy atom. The molecule has 356 valence electrons. The molecule has 6 rings (SSSR count). The highest BCUT2D eigenvalue weighted by atomic mass is 19.4. The van der Waals surface area contributed by atoms with Crippen molar-refractivity contribution in [1.29, 1.82) is 0 Å². The number of hydrogen-bond acceptors (Lipinski definition) is 12. The molecule has 2 aliphatic heterocycles. The van der Waals surface area contributed by atoms with Gasteiger partial charge in [-0.25, -0.2) is 24.4 Å². The number of carbonyl (C=O) groups is 7. The van der Waals surface area contributed by atoms with Crippen LogP contribution in [0.25, 0.3) is 16.8 Å². The lowest BCUT2D eigenvalue weighted by atomic mass is 9.91. The van der Waals surface area contributed by atoms with Gasteiger partial charge in [0.1, 0.15) is 25.2 Å². The van der Waals surface area contributed by atoms with Gasteiger partial charge in [-0.05, 0) is 42.5 Å². The fraction of sp³-hybridized carbons (Fsp3) is 0.488. The van der Waals surface area contributed by atoms with Crippen molar-refractivity contribution in [3.8, 4) is 0 Å². The number of benzene rings is 1. The number of likely N-dealkylation sites (tertiary alicyclic amines) is 2. The van der Waals surface area contributed by atoms with Crippen molar-refractivity contribution in [2.24, 2.45) is 11.7 Å². The number of halogens is 3. The van der Waals surface area contributed by atoms with Crippen LogP contribution in [0.3, 0.4) is 0 Å². The van der Waals surface area contributed by atoms with Gasteiger partial charge in [0.25, 0.3) is 0 Å². The first-order chi connectivity index (χ1) is 31.4. The number of imidazole rings is 1. The smallest absolute Gasteiger partial charge is 0.409 e. The van der Waals surface area contributed by atoms with Crippen LogP contribution in [0.1, 0.15) is 49.8 Å². The molecule has 2 saturated heterocycles. The number of fused-ring (bicyclic) bond motifs is 3. The van der Waals surface area contributed by atoms with Gasteiger partial charge in [-0.2, -0.15) is 18.7 Å². The fourth-order valence-electron chi connectivity index (χ4n) is 8.05. The molecule has 22 nitrogen and oxygen atoms in total. The summed E-state index contributed by atoms with van der Waals surface area (Å²) >= 11 is 0. The number of rotatable bonds is 16. The zero-order chi connectivity index (χ0) is 47.9. The van der Waals surface area contributed by atoms with Crippen molar-refractivity contribution in [1.82, 2.24) is 54.6 Å². The van der Waals surface area contributed by atoms with E-state index in [2.05, 4.69) is 20.6 Å². The van der Waals surface area contributed by atoms with Crippen molar-refractivity contribution in [3.05, 3.63) is 60.2 Å². The van der Waals surface area contributed by atoms with Gasteiger partial charge in [-0.3, -0.25) is 28.1 Å².